The van der Waals surface area contributed by atoms with Crippen molar-refractivity contribution in [2.75, 3.05) is 0 Å². The quantitative estimate of drug-likeness (QED) is 0.489. The molecule has 0 aromatic heterocycles. The van der Waals surface area contributed by atoms with Crippen LogP contribution in [0.25, 0.3) is 0 Å². The Hall–Kier alpha value is -0.850. The zero-order valence-electron chi connectivity index (χ0n) is 11.9. The van der Waals surface area contributed by atoms with Crippen LogP contribution in [0.5, 0.6) is 0 Å². The maximum absolute atomic E-state index is 4.28. The van der Waals surface area contributed by atoms with Gasteiger partial charge < -0.3 is 0 Å². The lowest BCUT2D eigenvalue weighted by Gasteiger charge is -2.34. The summed E-state index contributed by atoms with van der Waals surface area (Å²) < 4.78 is 0. The molecule has 0 atom stereocenters. The molecule has 1 fully saturated rings. The first-order chi connectivity index (χ1) is 7.97. The van der Waals surface area contributed by atoms with E-state index in [4.69, 9.17) is 0 Å². The number of hydrogen-bond acceptors (Lipinski definition) is 1. The van der Waals surface area contributed by atoms with Crippen molar-refractivity contribution in [3.8, 4) is 0 Å². The van der Waals surface area contributed by atoms with Crippen molar-refractivity contribution in [1.82, 2.24) is 0 Å². The predicted octanol–water partition coefficient (Wildman–Crippen LogP) is 4.79. The summed E-state index contributed by atoms with van der Waals surface area (Å²) in [7, 11) is 0. The van der Waals surface area contributed by atoms with Crippen molar-refractivity contribution in [2.45, 2.75) is 58.9 Å². The fourth-order valence-electron chi connectivity index (χ4n) is 2.42. The lowest BCUT2D eigenvalue weighted by Crippen LogP contribution is -2.28. The monoisotopic (exact) mass is 233 g/mol. The summed E-state index contributed by atoms with van der Waals surface area (Å²) in [6.07, 6.45) is 11.6. The van der Waals surface area contributed by atoms with Crippen molar-refractivity contribution in [3.63, 3.8) is 0 Å². The fraction of sp³-hybridized carbons (Fsp3) is 0.688. The normalized spacial score (nSPS) is 31.1. The maximum atomic E-state index is 4.28. The van der Waals surface area contributed by atoms with Gasteiger partial charge in [0, 0.05) is 0 Å². The van der Waals surface area contributed by atoms with Gasteiger partial charge in [0.1, 0.15) is 0 Å². The third-order valence-electron chi connectivity index (χ3n) is 3.94. The summed E-state index contributed by atoms with van der Waals surface area (Å²) in [5.41, 5.74) is 1.66. The molecule has 1 aliphatic carbocycles. The van der Waals surface area contributed by atoms with Crippen LogP contribution in [0.4, 0.5) is 0 Å². The van der Waals surface area contributed by atoms with E-state index in [-0.39, 0.29) is 5.54 Å². The Morgan fingerprint density at radius 2 is 1.94 bits per heavy atom. The average Bonchev–Trinajstić information content (AvgIpc) is 2.29. The van der Waals surface area contributed by atoms with Crippen LogP contribution >= 0.6 is 0 Å². The summed E-state index contributed by atoms with van der Waals surface area (Å²) in [4.78, 5) is 4.28. The number of aliphatic imine (C=N–C) groups is 1. The third kappa shape index (κ3) is 4.49. The summed E-state index contributed by atoms with van der Waals surface area (Å²) in [5, 5.41) is 0. The zero-order valence-corrected chi connectivity index (χ0v) is 11.9. The van der Waals surface area contributed by atoms with Crippen LogP contribution in [0.2, 0.25) is 0 Å². The Morgan fingerprint density at radius 3 is 2.41 bits per heavy atom. The summed E-state index contributed by atoms with van der Waals surface area (Å²) in [6, 6.07) is 0. The molecule has 0 N–H and O–H groups in total. The van der Waals surface area contributed by atoms with Gasteiger partial charge in [-0.3, -0.25) is 4.99 Å². The highest BCUT2D eigenvalue weighted by molar-refractivity contribution is 5.26. The Labute approximate surface area is 107 Å². The molecule has 0 amide bonds. The molecular weight excluding hydrogens is 206 g/mol. The fourth-order valence-corrected chi connectivity index (χ4v) is 2.42. The van der Waals surface area contributed by atoms with Crippen molar-refractivity contribution < 1.29 is 0 Å². The first kappa shape index (κ1) is 14.2. The summed E-state index contributed by atoms with van der Waals surface area (Å²) in [5.74, 6) is 1.39. The molecule has 0 unspecified atom stereocenters. The molecule has 17 heavy (non-hydrogen) atoms. The SMILES string of the molecule is C=NC1(C)CCC(C(C)=CC=CC(C)C)CC1. The van der Waals surface area contributed by atoms with Crippen molar-refractivity contribution in [2.24, 2.45) is 16.8 Å². The molecule has 0 aromatic rings. The topological polar surface area (TPSA) is 12.4 Å². The van der Waals surface area contributed by atoms with Gasteiger partial charge in [-0.1, -0.05) is 37.6 Å². The second kappa shape index (κ2) is 6.18. The van der Waals surface area contributed by atoms with Crippen LogP contribution in [-0.2, 0) is 0 Å². The molecule has 1 aliphatic rings. The number of rotatable bonds is 4. The van der Waals surface area contributed by atoms with Gasteiger partial charge in [-0.25, -0.2) is 0 Å². The first-order valence-corrected chi connectivity index (χ1v) is 6.80. The highest BCUT2D eigenvalue weighted by atomic mass is 14.8. The molecule has 1 saturated carbocycles. The second-order valence-corrected chi connectivity index (χ2v) is 5.97. The molecule has 1 heteroatoms. The van der Waals surface area contributed by atoms with Crippen LogP contribution < -0.4 is 0 Å². The third-order valence-corrected chi connectivity index (χ3v) is 3.94. The maximum Gasteiger partial charge on any atom is 0.0573 e. The number of allylic oxidation sites excluding steroid dienone is 4. The molecule has 1 nitrogen and oxygen atoms in total. The van der Waals surface area contributed by atoms with Crippen LogP contribution in [-0.4, -0.2) is 12.3 Å². The molecule has 0 radical (unpaired) electrons. The van der Waals surface area contributed by atoms with E-state index >= 15 is 0 Å². The average molecular weight is 233 g/mol. The Balaban J connectivity index is 2.51. The molecule has 0 spiro atoms. The van der Waals surface area contributed by atoms with E-state index in [2.05, 4.69) is 57.6 Å². The van der Waals surface area contributed by atoms with Crippen LogP contribution in [0.3, 0.4) is 0 Å². The van der Waals surface area contributed by atoms with Gasteiger partial charge in [-0.2, -0.15) is 0 Å². The van der Waals surface area contributed by atoms with Crippen molar-refractivity contribution in [3.05, 3.63) is 23.8 Å². The van der Waals surface area contributed by atoms with Gasteiger partial charge >= 0.3 is 0 Å². The minimum atomic E-state index is 0.143. The van der Waals surface area contributed by atoms with E-state index in [1.54, 1.807) is 0 Å². The highest BCUT2D eigenvalue weighted by Crippen LogP contribution is 2.37. The predicted molar refractivity (Wildman–Crippen MR) is 77.6 cm³/mol. The molecule has 0 aromatic carbocycles. The van der Waals surface area contributed by atoms with E-state index in [0.29, 0.717) is 5.92 Å². The molecule has 0 heterocycles. The summed E-state index contributed by atoms with van der Waals surface area (Å²) in [6.45, 7) is 12.6. The Bertz CT molecular complexity index is 301. The van der Waals surface area contributed by atoms with E-state index in [1.807, 2.05) is 0 Å². The minimum Gasteiger partial charge on any atom is -0.295 e. The number of hydrogen-bond donors (Lipinski definition) is 0. The van der Waals surface area contributed by atoms with Crippen LogP contribution in [0, 0.1) is 11.8 Å². The smallest absolute Gasteiger partial charge is 0.0573 e. The standard InChI is InChI=1S/C16H27N/c1-13(2)7-6-8-14(3)15-9-11-16(4,17-5)12-10-15/h6-8,13,15H,5,9-12H2,1-4H3. The lowest BCUT2D eigenvalue weighted by atomic mass is 9.75. The van der Waals surface area contributed by atoms with Crippen LogP contribution in [0.15, 0.2) is 28.8 Å². The van der Waals surface area contributed by atoms with E-state index in [1.165, 1.54) is 31.3 Å². The molecular formula is C16H27N. The minimum absolute atomic E-state index is 0.143. The molecule has 1 rings (SSSR count). The van der Waals surface area contributed by atoms with Crippen LogP contribution in [0.1, 0.15) is 53.4 Å². The molecule has 0 aliphatic heterocycles. The number of nitrogens with zero attached hydrogens (tertiary/aromatic N) is 1. The van der Waals surface area contributed by atoms with E-state index in [0.717, 1.165) is 5.92 Å². The van der Waals surface area contributed by atoms with Gasteiger partial charge in [-0.05, 0) is 58.1 Å². The van der Waals surface area contributed by atoms with Gasteiger partial charge in [-0.15, -0.1) is 0 Å². The molecule has 0 saturated heterocycles. The lowest BCUT2D eigenvalue weighted by molar-refractivity contribution is 0.277. The van der Waals surface area contributed by atoms with Gasteiger partial charge in [0.25, 0.3) is 0 Å². The first-order valence-electron chi connectivity index (χ1n) is 6.80. The van der Waals surface area contributed by atoms with Gasteiger partial charge in [0.15, 0.2) is 0 Å². The Morgan fingerprint density at radius 1 is 1.35 bits per heavy atom. The second-order valence-electron chi connectivity index (χ2n) is 5.97. The highest BCUT2D eigenvalue weighted by Gasteiger charge is 2.29. The van der Waals surface area contributed by atoms with E-state index in [9.17, 15) is 0 Å². The Kier molecular flexibility index (Phi) is 5.17. The summed E-state index contributed by atoms with van der Waals surface area (Å²) >= 11 is 0. The van der Waals surface area contributed by atoms with Gasteiger partial charge in [0.05, 0.1) is 5.54 Å². The molecule has 96 valence electrons. The molecule has 0 bridgehead atoms. The van der Waals surface area contributed by atoms with E-state index < -0.39 is 0 Å². The van der Waals surface area contributed by atoms with Gasteiger partial charge in [0.2, 0.25) is 0 Å². The largest absolute Gasteiger partial charge is 0.295 e. The zero-order chi connectivity index (χ0) is 12.9. The van der Waals surface area contributed by atoms with Crippen molar-refractivity contribution in [1.29, 1.82) is 0 Å². The van der Waals surface area contributed by atoms with Crippen molar-refractivity contribution >= 4 is 6.72 Å².